The van der Waals surface area contributed by atoms with Gasteiger partial charge in [-0.15, -0.1) is 0 Å². The summed E-state index contributed by atoms with van der Waals surface area (Å²) in [5, 5.41) is 9.12. The third-order valence-electron chi connectivity index (χ3n) is 2.82. The molecule has 0 unspecified atom stereocenters. The minimum Gasteiger partial charge on any atom is -0.493 e. The van der Waals surface area contributed by atoms with Crippen LogP contribution in [0.4, 0.5) is 5.69 Å². The summed E-state index contributed by atoms with van der Waals surface area (Å²) < 4.78 is 16.1. The lowest BCUT2D eigenvalue weighted by Gasteiger charge is -2.13. The van der Waals surface area contributed by atoms with Crippen LogP contribution in [0.3, 0.4) is 0 Å². The zero-order valence-corrected chi connectivity index (χ0v) is 11.4. The maximum Gasteiger partial charge on any atom is 0.164 e. The minimum absolute atomic E-state index is 0.0430. The normalized spacial score (nSPS) is 10.2. The fourth-order valence-corrected chi connectivity index (χ4v) is 1.80. The molecule has 0 atom stereocenters. The van der Waals surface area contributed by atoms with Gasteiger partial charge in [-0.1, -0.05) is 12.1 Å². The van der Waals surface area contributed by atoms with Gasteiger partial charge in [0.2, 0.25) is 0 Å². The average Bonchev–Trinajstić information content (AvgIpc) is 2.49. The SMILES string of the molecule is COc1cc(N)c(Oc2cccc(CO)c2)cc1OC. The summed E-state index contributed by atoms with van der Waals surface area (Å²) in [5.41, 5.74) is 7.14. The molecule has 20 heavy (non-hydrogen) atoms. The van der Waals surface area contributed by atoms with Gasteiger partial charge in [-0.2, -0.15) is 0 Å². The number of anilines is 1. The van der Waals surface area contributed by atoms with Crippen molar-refractivity contribution in [2.24, 2.45) is 0 Å². The molecule has 3 N–H and O–H groups in total. The molecule has 2 aromatic rings. The maximum absolute atomic E-state index is 9.12. The van der Waals surface area contributed by atoms with Crippen molar-refractivity contribution in [1.29, 1.82) is 0 Å². The van der Waals surface area contributed by atoms with Crippen LogP contribution in [0.1, 0.15) is 5.56 Å². The van der Waals surface area contributed by atoms with Crippen LogP contribution >= 0.6 is 0 Å². The maximum atomic E-state index is 9.12. The van der Waals surface area contributed by atoms with E-state index in [-0.39, 0.29) is 6.61 Å². The number of aliphatic hydroxyl groups is 1. The van der Waals surface area contributed by atoms with E-state index in [1.54, 1.807) is 44.6 Å². The lowest BCUT2D eigenvalue weighted by molar-refractivity contribution is 0.281. The third kappa shape index (κ3) is 2.95. The second-order valence-electron chi connectivity index (χ2n) is 4.15. The van der Waals surface area contributed by atoms with Gasteiger partial charge in [0, 0.05) is 12.1 Å². The predicted octanol–water partition coefficient (Wildman–Crippen LogP) is 2.57. The highest BCUT2D eigenvalue weighted by Crippen LogP contribution is 2.38. The van der Waals surface area contributed by atoms with Crippen molar-refractivity contribution in [3.05, 3.63) is 42.0 Å². The highest BCUT2D eigenvalue weighted by Gasteiger charge is 2.11. The molecular weight excluding hydrogens is 258 g/mol. The van der Waals surface area contributed by atoms with Crippen molar-refractivity contribution in [2.45, 2.75) is 6.61 Å². The van der Waals surface area contributed by atoms with E-state index in [2.05, 4.69) is 0 Å². The average molecular weight is 275 g/mol. The Morgan fingerprint density at radius 1 is 1.00 bits per heavy atom. The summed E-state index contributed by atoms with van der Waals surface area (Å²) in [5.74, 6) is 2.14. The first kappa shape index (κ1) is 14.0. The van der Waals surface area contributed by atoms with E-state index < -0.39 is 0 Å². The van der Waals surface area contributed by atoms with Gasteiger partial charge < -0.3 is 25.1 Å². The Bertz CT molecular complexity index is 598. The Labute approximate surface area is 117 Å². The second kappa shape index (κ2) is 6.16. The quantitative estimate of drug-likeness (QED) is 0.820. The first-order valence-electron chi connectivity index (χ1n) is 6.07. The lowest BCUT2D eigenvalue weighted by atomic mass is 10.2. The summed E-state index contributed by atoms with van der Waals surface area (Å²) in [4.78, 5) is 0. The van der Waals surface area contributed by atoms with Crippen molar-refractivity contribution < 1.29 is 19.3 Å². The van der Waals surface area contributed by atoms with E-state index in [1.807, 2.05) is 6.07 Å². The molecular formula is C15H17NO4. The van der Waals surface area contributed by atoms with Crippen molar-refractivity contribution >= 4 is 5.69 Å². The van der Waals surface area contributed by atoms with Crippen LogP contribution in [0.15, 0.2) is 36.4 Å². The third-order valence-corrected chi connectivity index (χ3v) is 2.82. The predicted molar refractivity (Wildman–Crippen MR) is 76.4 cm³/mol. The highest BCUT2D eigenvalue weighted by molar-refractivity contribution is 5.62. The number of aliphatic hydroxyl groups excluding tert-OH is 1. The van der Waals surface area contributed by atoms with Gasteiger partial charge in [-0.05, 0) is 17.7 Å². The van der Waals surface area contributed by atoms with E-state index in [0.717, 1.165) is 5.56 Å². The van der Waals surface area contributed by atoms with E-state index in [0.29, 0.717) is 28.7 Å². The fourth-order valence-electron chi connectivity index (χ4n) is 1.80. The minimum atomic E-state index is -0.0430. The van der Waals surface area contributed by atoms with Gasteiger partial charge in [0.05, 0.1) is 26.5 Å². The number of hydrogen-bond donors (Lipinski definition) is 2. The standard InChI is InChI=1S/C15H17NO4/c1-18-14-7-12(16)13(8-15(14)19-2)20-11-5-3-4-10(6-11)9-17/h3-8,17H,9,16H2,1-2H3. The molecule has 5 heteroatoms. The molecule has 0 spiro atoms. The molecule has 0 heterocycles. The van der Waals surface area contributed by atoms with Gasteiger partial charge in [0.15, 0.2) is 17.2 Å². The van der Waals surface area contributed by atoms with Crippen LogP contribution in [-0.2, 0) is 6.61 Å². The number of methoxy groups -OCH3 is 2. The smallest absolute Gasteiger partial charge is 0.164 e. The molecule has 0 bridgehead atoms. The monoisotopic (exact) mass is 275 g/mol. The van der Waals surface area contributed by atoms with E-state index >= 15 is 0 Å². The summed E-state index contributed by atoms with van der Waals surface area (Å²) in [6.07, 6.45) is 0. The summed E-state index contributed by atoms with van der Waals surface area (Å²) in [6, 6.07) is 10.5. The number of ether oxygens (including phenoxy) is 3. The van der Waals surface area contributed by atoms with Gasteiger partial charge in [-0.25, -0.2) is 0 Å². The van der Waals surface area contributed by atoms with Gasteiger partial charge in [0.25, 0.3) is 0 Å². The molecule has 0 fully saturated rings. The van der Waals surface area contributed by atoms with Gasteiger partial charge in [0.1, 0.15) is 5.75 Å². The molecule has 0 amide bonds. The van der Waals surface area contributed by atoms with Crippen molar-refractivity contribution in [2.75, 3.05) is 20.0 Å². The Morgan fingerprint density at radius 3 is 2.35 bits per heavy atom. The number of nitrogens with two attached hydrogens (primary N) is 1. The second-order valence-corrected chi connectivity index (χ2v) is 4.15. The highest BCUT2D eigenvalue weighted by atomic mass is 16.5. The zero-order valence-electron chi connectivity index (χ0n) is 11.4. The molecule has 0 aromatic heterocycles. The number of benzene rings is 2. The molecule has 2 aromatic carbocycles. The van der Waals surface area contributed by atoms with Gasteiger partial charge in [-0.3, -0.25) is 0 Å². The first-order chi connectivity index (χ1) is 9.67. The van der Waals surface area contributed by atoms with Crippen LogP contribution in [-0.4, -0.2) is 19.3 Å². The summed E-state index contributed by atoms with van der Waals surface area (Å²) in [6.45, 7) is -0.0430. The Balaban J connectivity index is 2.32. The summed E-state index contributed by atoms with van der Waals surface area (Å²) >= 11 is 0. The molecule has 5 nitrogen and oxygen atoms in total. The van der Waals surface area contributed by atoms with Crippen LogP contribution in [0, 0.1) is 0 Å². The molecule has 0 aliphatic rings. The Kier molecular flexibility index (Phi) is 4.32. The lowest BCUT2D eigenvalue weighted by Crippen LogP contribution is -1.97. The molecule has 0 aliphatic carbocycles. The molecule has 0 aliphatic heterocycles. The number of nitrogen functional groups attached to an aromatic ring is 1. The Hall–Kier alpha value is -2.40. The van der Waals surface area contributed by atoms with Crippen molar-refractivity contribution in [1.82, 2.24) is 0 Å². The van der Waals surface area contributed by atoms with E-state index in [1.165, 1.54) is 0 Å². The largest absolute Gasteiger partial charge is 0.493 e. The number of hydrogen-bond acceptors (Lipinski definition) is 5. The van der Waals surface area contributed by atoms with Crippen molar-refractivity contribution in [3.63, 3.8) is 0 Å². The number of rotatable bonds is 5. The van der Waals surface area contributed by atoms with Crippen LogP contribution < -0.4 is 19.9 Å². The summed E-state index contributed by atoms with van der Waals surface area (Å²) in [7, 11) is 3.09. The fraction of sp³-hybridized carbons (Fsp3) is 0.200. The van der Waals surface area contributed by atoms with E-state index in [4.69, 9.17) is 25.1 Å². The van der Waals surface area contributed by atoms with Crippen LogP contribution in [0.5, 0.6) is 23.0 Å². The molecule has 0 radical (unpaired) electrons. The molecule has 0 saturated heterocycles. The van der Waals surface area contributed by atoms with Crippen molar-refractivity contribution in [3.8, 4) is 23.0 Å². The molecule has 2 rings (SSSR count). The topological polar surface area (TPSA) is 73.9 Å². The molecule has 106 valence electrons. The zero-order chi connectivity index (χ0) is 14.5. The van der Waals surface area contributed by atoms with Gasteiger partial charge >= 0.3 is 0 Å². The van der Waals surface area contributed by atoms with Crippen LogP contribution in [0.2, 0.25) is 0 Å². The molecule has 0 saturated carbocycles. The van der Waals surface area contributed by atoms with E-state index in [9.17, 15) is 0 Å². The first-order valence-corrected chi connectivity index (χ1v) is 6.07. The van der Waals surface area contributed by atoms with Crippen LogP contribution in [0.25, 0.3) is 0 Å². The Morgan fingerprint density at radius 2 is 1.70 bits per heavy atom.